The molecule has 0 fully saturated rings. The largest absolute Gasteiger partial charge is 0.309 e. The van der Waals surface area contributed by atoms with Gasteiger partial charge in [-0.2, -0.15) is 0 Å². The Labute approximate surface area is 374 Å². The number of nitrogens with zero attached hydrogens (tertiary/aromatic N) is 6. The van der Waals surface area contributed by atoms with Crippen molar-refractivity contribution >= 4 is 77.6 Å². The first-order chi connectivity index (χ1) is 32.2. The van der Waals surface area contributed by atoms with Gasteiger partial charge in [0.2, 0.25) is 0 Å². The van der Waals surface area contributed by atoms with Crippen molar-refractivity contribution in [3.05, 3.63) is 192 Å². The molecule has 0 saturated carbocycles. The summed E-state index contributed by atoms with van der Waals surface area (Å²) in [6.45, 7) is 2.37. The van der Waals surface area contributed by atoms with Gasteiger partial charge in [0.25, 0.3) is 0 Å². The van der Waals surface area contributed by atoms with Crippen molar-refractivity contribution in [3.63, 3.8) is 0 Å². The first kappa shape index (κ1) is 35.3. The Balaban J connectivity index is 0.936. The minimum Gasteiger partial charge on any atom is -0.309 e. The van der Waals surface area contributed by atoms with E-state index in [0.29, 0.717) is 5.92 Å². The highest BCUT2D eigenvalue weighted by Gasteiger charge is 2.35. The van der Waals surface area contributed by atoms with Crippen LogP contribution in [-0.4, -0.2) is 28.2 Å². The molecular weight excluding hydrogens is 793 g/mol. The number of hydrogen-bond donors (Lipinski definition) is 0. The lowest BCUT2D eigenvalue weighted by Crippen LogP contribution is -2.07. The topological polar surface area (TPSA) is 45.5 Å². The van der Waals surface area contributed by atoms with Crippen LogP contribution in [0.25, 0.3) is 123 Å². The number of benzene rings is 6. The van der Waals surface area contributed by atoms with E-state index in [2.05, 4.69) is 207 Å². The Morgan fingerprint density at radius 1 is 0.508 bits per heavy atom. The lowest BCUT2D eigenvalue weighted by Gasteiger charge is -2.18. The van der Waals surface area contributed by atoms with Crippen LogP contribution in [0.1, 0.15) is 48.2 Å². The molecule has 6 heteroatoms. The molecule has 1 aliphatic heterocycles. The highest BCUT2D eigenvalue weighted by Crippen LogP contribution is 2.51. The number of aromatic nitrogens is 6. The monoisotopic (exact) mass is 832 g/mol. The van der Waals surface area contributed by atoms with Gasteiger partial charge in [-0.15, -0.1) is 0 Å². The van der Waals surface area contributed by atoms with E-state index in [-0.39, 0.29) is 0 Å². The predicted octanol–water partition coefficient (Wildman–Crippen LogP) is 14.7. The Hall–Kier alpha value is -8.22. The van der Waals surface area contributed by atoms with Crippen LogP contribution in [0.15, 0.2) is 170 Å². The van der Waals surface area contributed by atoms with Crippen molar-refractivity contribution in [1.29, 1.82) is 0 Å². The molecule has 0 radical (unpaired) electrons. The molecule has 0 N–H and O–H groups in total. The summed E-state index contributed by atoms with van der Waals surface area (Å²) in [5, 5.41) is 7.55. The maximum Gasteiger partial charge on any atom is 0.146 e. The number of allylic oxidation sites excluding steroid dienone is 2. The molecule has 3 aliphatic carbocycles. The quantitative estimate of drug-likeness (QED) is 0.173. The average molecular weight is 833 g/mol. The highest BCUT2D eigenvalue weighted by atomic mass is 15.1. The Kier molecular flexibility index (Phi) is 7.01. The van der Waals surface area contributed by atoms with Crippen LogP contribution in [0.4, 0.5) is 0 Å². The zero-order chi connectivity index (χ0) is 42.5. The smallest absolute Gasteiger partial charge is 0.146 e. The highest BCUT2D eigenvalue weighted by molar-refractivity contribution is 6.26. The van der Waals surface area contributed by atoms with Crippen LogP contribution >= 0.6 is 0 Å². The van der Waals surface area contributed by atoms with Gasteiger partial charge in [0, 0.05) is 77.7 Å². The summed E-state index contributed by atoms with van der Waals surface area (Å²) in [7, 11) is 0. The number of pyridine rings is 2. The summed E-state index contributed by atoms with van der Waals surface area (Å²) in [5.41, 5.74) is 19.1. The fraction of sp³-hybridized carbons (Fsp3) is 0.0847. The minimum atomic E-state index is 0.325. The fourth-order valence-electron chi connectivity index (χ4n) is 11.7. The SMILES string of the molecule is CC1CC=Cc2c1n(-c1nc(-c3cccc(-n4c5ccccc5c5c4ccc4c6ccccc6n(-c6ccccc6)c45)n3)c3cc1-3)c1ccc3c4c(n(-c5ccccc5)c3c21)C=CCC4. The molecule has 5 aromatic heterocycles. The van der Waals surface area contributed by atoms with Gasteiger partial charge < -0.3 is 9.13 Å². The summed E-state index contributed by atoms with van der Waals surface area (Å²) >= 11 is 0. The summed E-state index contributed by atoms with van der Waals surface area (Å²) < 4.78 is 9.79. The summed E-state index contributed by atoms with van der Waals surface area (Å²) in [4.78, 5) is 11.1. The van der Waals surface area contributed by atoms with E-state index in [1.54, 1.807) is 0 Å². The molecule has 4 aliphatic rings. The molecule has 6 aromatic carbocycles. The van der Waals surface area contributed by atoms with Gasteiger partial charge >= 0.3 is 0 Å². The van der Waals surface area contributed by atoms with Crippen LogP contribution in [0.2, 0.25) is 0 Å². The molecule has 1 atom stereocenters. The van der Waals surface area contributed by atoms with Gasteiger partial charge in [0.05, 0.1) is 44.5 Å². The van der Waals surface area contributed by atoms with Gasteiger partial charge in [-0.1, -0.05) is 116 Å². The van der Waals surface area contributed by atoms with Gasteiger partial charge in [-0.3, -0.25) is 9.13 Å². The van der Waals surface area contributed by atoms with E-state index in [9.17, 15) is 0 Å². The van der Waals surface area contributed by atoms with Crippen molar-refractivity contribution in [2.45, 2.75) is 32.1 Å². The number of rotatable bonds is 5. The Bertz CT molecular complexity index is 4100. The van der Waals surface area contributed by atoms with Crippen molar-refractivity contribution in [1.82, 2.24) is 28.2 Å². The van der Waals surface area contributed by atoms with E-state index < -0.39 is 0 Å². The zero-order valence-electron chi connectivity index (χ0n) is 35.7. The molecule has 6 heterocycles. The standard InChI is InChI=1S/C59H40N6/c1-35-16-14-24-43-54-51(33-31-41-39-22-9-12-27-48(39)63(58(41)54)37-19-6-3-7-20-37)65(56(35)43)59-45-34-44(45)55(61-59)46-25-15-29-52(60-46)64-49-28-13-10-23-42(49)53-50(64)32-30-40-38-21-8-11-26-47(38)62(57(40)53)36-17-4-2-5-18-36/h2-8,10-15,17-21,23-35H,9,16,22H2,1H3. The van der Waals surface area contributed by atoms with Crippen molar-refractivity contribution < 1.29 is 0 Å². The molecule has 0 amide bonds. The average Bonchev–Trinajstić information content (AvgIpc) is 3.63. The van der Waals surface area contributed by atoms with Crippen LogP contribution in [0.5, 0.6) is 0 Å². The van der Waals surface area contributed by atoms with E-state index >= 15 is 0 Å². The van der Waals surface area contributed by atoms with Crippen LogP contribution in [0, 0.1) is 0 Å². The molecule has 0 saturated heterocycles. The Morgan fingerprint density at radius 3 is 2.02 bits per heavy atom. The van der Waals surface area contributed by atoms with E-state index in [0.717, 1.165) is 59.0 Å². The van der Waals surface area contributed by atoms with Crippen molar-refractivity contribution in [2.75, 3.05) is 0 Å². The number of para-hydroxylation sites is 4. The van der Waals surface area contributed by atoms with Crippen LogP contribution in [0.3, 0.4) is 0 Å². The molecule has 6 nitrogen and oxygen atoms in total. The molecule has 65 heavy (non-hydrogen) atoms. The summed E-state index contributed by atoms with van der Waals surface area (Å²) in [6, 6.07) is 57.2. The van der Waals surface area contributed by atoms with Crippen molar-refractivity contribution in [2.24, 2.45) is 0 Å². The van der Waals surface area contributed by atoms with Gasteiger partial charge in [-0.25, -0.2) is 9.97 Å². The zero-order valence-corrected chi connectivity index (χ0v) is 35.7. The summed E-state index contributed by atoms with van der Waals surface area (Å²) in [5.74, 6) is 2.20. The second-order valence-electron chi connectivity index (χ2n) is 18.0. The third-order valence-corrected chi connectivity index (χ3v) is 14.5. The molecule has 0 bridgehead atoms. The van der Waals surface area contributed by atoms with Gasteiger partial charge in [0.1, 0.15) is 11.6 Å². The van der Waals surface area contributed by atoms with Crippen LogP contribution < -0.4 is 0 Å². The summed E-state index contributed by atoms with van der Waals surface area (Å²) in [6.07, 6.45) is 12.5. The molecule has 11 aromatic rings. The first-order valence-corrected chi connectivity index (χ1v) is 22.9. The lowest BCUT2D eigenvalue weighted by molar-refractivity contribution is 0.720. The first-order valence-electron chi connectivity index (χ1n) is 22.9. The second kappa shape index (κ2) is 12.9. The number of fused-ring (bicyclic) bond motifs is 15. The second-order valence-corrected chi connectivity index (χ2v) is 18.0. The van der Waals surface area contributed by atoms with Crippen molar-refractivity contribution in [3.8, 4) is 45.5 Å². The number of hydrogen-bond acceptors (Lipinski definition) is 2. The lowest BCUT2D eigenvalue weighted by atomic mass is 9.92. The molecule has 1 unspecified atom stereocenters. The molecule has 306 valence electrons. The minimum absolute atomic E-state index is 0.325. The van der Waals surface area contributed by atoms with Crippen LogP contribution in [-0.2, 0) is 6.42 Å². The third kappa shape index (κ3) is 4.73. The molecule has 0 spiro atoms. The predicted molar refractivity (Wildman–Crippen MR) is 268 cm³/mol. The normalized spacial score (nSPS) is 15.0. The maximum absolute atomic E-state index is 5.58. The van der Waals surface area contributed by atoms with E-state index in [4.69, 9.17) is 9.97 Å². The number of aryl methyl sites for hydroxylation is 1. The maximum atomic E-state index is 5.58. The molecule has 15 rings (SSSR count). The van der Waals surface area contributed by atoms with E-state index in [1.807, 2.05) is 0 Å². The molecular formula is C59H40N6. The van der Waals surface area contributed by atoms with E-state index in [1.165, 1.54) is 93.7 Å². The third-order valence-electron chi connectivity index (χ3n) is 14.5. The van der Waals surface area contributed by atoms with Gasteiger partial charge in [-0.05, 0) is 97.6 Å². The fourth-order valence-corrected chi connectivity index (χ4v) is 11.7. The Morgan fingerprint density at radius 2 is 1.20 bits per heavy atom. The van der Waals surface area contributed by atoms with Gasteiger partial charge in [0.15, 0.2) is 0 Å².